The molecular weight excluding hydrogens is 200 g/mol. The van der Waals surface area contributed by atoms with Gasteiger partial charge in [0.25, 0.3) is 0 Å². The van der Waals surface area contributed by atoms with E-state index in [1.54, 1.807) is 18.9 Å². The number of ether oxygens (including phenoxy) is 2. The summed E-state index contributed by atoms with van der Waals surface area (Å²) in [5.74, 6) is 1.52. The van der Waals surface area contributed by atoms with Crippen molar-refractivity contribution in [3.05, 3.63) is 12.4 Å². The van der Waals surface area contributed by atoms with Crippen molar-refractivity contribution in [1.82, 2.24) is 9.97 Å². The molecule has 0 saturated carbocycles. The SMILES string of the molecule is CCOc1cc(SCCOC)ncn1. The van der Waals surface area contributed by atoms with Gasteiger partial charge in [-0.1, -0.05) is 0 Å². The average Bonchev–Trinajstić information content (AvgIpc) is 2.19. The molecule has 0 N–H and O–H groups in total. The van der Waals surface area contributed by atoms with Crippen LogP contribution in [0.4, 0.5) is 0 Å². The molecule has 14 heavy (non-hydrogen) atoms. The van der Waals surface area contributed by atoms with Gasteiger partial charge in [0, 0.05) is 18.9 Å². The summed E-state index contributed by atoms with van der Waals surface area (Å²) in [6.45, 7) is 3.28. The number of thioether (sulfide) groups is 1. The van der Waals surface area contributed by atoms with Gasteiger partial charge in [-0.05, 0) is 6.92 Å². The first-order chi connectivity index (χ1) is 6.86. The number of aromatic nitrogens is 2. The molecule has 1 aromatic rings. The number of methoxy groups -OCH3 is 1. The molecule has 0 aliphatic rings. The van der Waals surface area contributed by atoms with E-state index >= 15 is 0 Å². The highest BCUT2D eigenvalue weighted by molar-refractivity contribution is 7.99. The molecule has 0 fully saturated rings. The van der Waals surface area contributed by atoms with Crippen molar-refractivity contribution in [2.45, 2.75) is 11.9 Å². The predicted octanol–water partition coefficient (Wildman–Crippen LogP) is 1.61. The fourth-order valence-corrected chi connectivity index (χ4v) is 1.62. The van der Waals surface area contributed by atoms with Gasteiger partial charge in [0.1, 0.15) is 11.4 Å². The second-order valence-electron chi connectivity index (χ2n) is 2.47. The monoisotopic (exact) mass is 214 g/mol. The lowest BCUT2D eigenvalue weighted by Crippen LogP contribution is -1.96. The van der Waals surface area contributed by atoms with Crippen LogP contribution < -0.4 is 4.74 Å². The topological polar surface area (TPSA) is 44.2 Å². The van der Waals surface area contributed by atoms with Crippen molar-refractivity contribution in [2.24, 2.45) is 0 Å². The lowest BCUT2D eigenvalue weighted by atomic mass is 10.6. The van der Waals surface area contributed by atoms with E-state index in [1.165, 1.54) is 6.33 Å². The zero-order valence-electron chi connectivity index (χ0n) is 8.40. The van der Waals surface area contributed by atoms with E-state index in [-0.39, 0.29) is 0 Å². The molecule has 0 atom stereocenters. The number of nitrogens with zero attached hydrogens (tertiary/aromatic N) is 2. The first-order valence-electron chi connectivity index (χ1n) is 4.43. The van der Waals surface area contributed by atoms with Gasteiger partial charge in [0.2, 0.25) is 5.88 Å². The maximum atomic E-state index is 5.26. The molecule has 0 aliphatic heterocycles. The van der Waals surface area contributed by atoms with Gasteiger partial charge in [-0.25, -0.2) is 9.97 Å². The molecule has 0 radical (unpaired) electrons. The minimum Gasteiger partial charge on any atom is -0.478 e. The van der Waals surface area contributed by atoms with E-state index in [1.807, 2.05) is 13.0 Å². The Kier molecular flexibility index (Phi) is 5.32. The normalized spacial score (nSPS) is 10.1. The minimum absolute atomic E-state index is 0.624. The molecule has 1 heterocycles. The van der Waals surface area contributed by atoms with Gasteiger partial charge >= 0.3 is 0 Å². The summed E-state index contributed by atoms with van der Waals surface area (Å²) in [5, 5.41) is 0.917. The van der Waals surface area contributed by atoms with Crippen LogP contribution in [-0.4, -0.2) is 36.0 Å². The maximum Gasteiger partial charge on any atom is 0.217 e. The van der Waals surface area contributed by atoms with Crippen LogP contribution in [0.5, 0.6) is 5.88 Å². The molecule has 0 saturated heterocycles. The molecule has 1 aromatic heterocycles. The minimum atomic E-state index is 0.624. The third kappa shape index (κ3) is 3.93. The number of hydrogen-bond donors (Lipinski definition) is 0. The Morgan fingerprint density at radius 1 is 1.43 bits per heavy atom. The Balaban J connectivity index is 2.46. The molecule has 0 unspecified atom stereocenters. The molecule has 1 rings (SSSR count). The Bertz CT molecular complexity index is 271. The summed E-state index contributed by atoms with van der Waals surface area (Å²) in [6.07, 6.45) is 1.51. The van der Waals surface area contributed by atoms with Gasteiger partial charge in [-0.2, -0.15) is 0 Å². The Morgan fingerprint density at radius 2 is 2.29 bits per heavy atom. The van der Waals surface area contributed by atoms with Gasteiger partial charge < -0.3 is 9.47 Å². The molecule has 0 bridgehead atoms. The Morgan fingerprint density at radius 3 is 3.00 bits per heavy atom. The second-order valence-corrected chi connectivity index (χ2v) is 3.58. The predicted molar refractivity (Wildman–Crippen MR) is 55.8 cm³/mol. The third-order valence-corrected chi connectivity index (χ3v) is 2.34. The fourth-order valence-electron chi connectivity index (χ4n) is 0.858. The molecule has 0 amide bonds. The summed E-state index contributed by atoms with van der Waals surface area (Å²) in [6, 6.07) is 1.84. The summed E-state index contributed by atoms with van der Waals surface area (Å²) in [5.41, 5.74) is 0. The first kappa shape index (κ1) is 11.3. The van der Waals surface area contributed by atoms with Crippen LogP contribution in [0.3, 0.4) is 0 Å². The van der Waals surface area contributed by atoms with Crippen LogP contribution in [0.2, 0.25) is 0 Å². The van der Waals surface area contributed by atoms with Crippen LogP contribution >= 0.6 is 11.8 Å². The van der Waals surface area contributed by atoms with Crippen LogP contribution in [-0.2, 0) is 4.74 Å². The highest BCUT2D eigenvalue weighted by Gasteiger charge is 1.99. The van der Waals surface area contributed by atoms with Crippen molar-refractivity contribution in [3.63, 3.8) is 0 Å². The zero-order chi connectivity index (χ0) is 10.2. The molecular formula is C9H14N2O2S. The molecule has 4 nitrogen and oxygen atoms in total. The molecule has 0 aromatic carbocycles. The summed E-state index contributed by atoms with van der Waals surface area (Å²) >= 11 is 1.63. The van der Waals surface area contributed by atoms with E-state index < -0.39 is 0 Å². The Hall–Kier alpha value is -0.810. The standard InChI is InChI=1S/C9H14N2O2S/c1-3-13-8-6-9(11-7-10-8)14-5-4-12-2/h6-7H,3-5H2,1-2H3. The second kappa shape index (κ2) is 6.62. The van der Waals surface area contributed by atoms with Crippen LogP contribution in [0.25, 0.3) is 0 Å². The quantitative estimate of drug-likeness (QED) is 0.409. The molecule has 0 aliphatic carbocycles. The fraction of sp³-hybridized carbons (Fsp3) is 0.556. The first-order valence-corrected chi connectivity index (χ1v) is 5.42. The van der Waals surface area contributed by atoms with Crippen molar-refractivity contribution in [1.29, 1.82) is 0 Å². The van der Waals surface area contributed by atoms with Crippen molar-refractivity contribution < 1.29 is 9.47 Å². The molecule has 5 heteroatoms. The van der Waals surface area contributed by atoms with Crippen LogP contribution in [0.15, 0.2) is 17.4 Å². The van der Waals surface area contributed by atoms with E-state index in [2.05, 4.69) is 9.97 Å². The highest BCUT2D eigenvalue weighted by atomic mass is 32.2. The third-order valence-electron chi connectivity index (χ3n) is 1.45. The molecule has 78 valence electrons. The number of hydrogen-bond acceptors (Lipinski definition) is 5. The van der Waals surface area contributed by atoms with Crippen LogP contribution in [0.1, 0.15) is 6.92 Å². The van der Waals surface area contributed by atoms with Gasteiger partial charge in [-0.3, -0.25) is 0 Å². The summed E-state index contributed by atoms with van der Waals surface area (Å²) in [4.78, 5) is 8.09. The van der Waals surface area contributed by atoms with E-state index in [9.17, 15) is 0 Å². The molecule has 0 spiro atoms. The van der Waals surface area contributed by atoms with Crippen molar-refractivity contribution in [3.8, 4) is 5.88 Å². The summed E-state index contributed by atoms with van der Waals surface area (Å²) < 4.78 is 10.2. The van der Waals surface area contributed by atoms with Gasteiger partial charge in [0.15, 0.2) is 0 Å². The highest BCUT2D eigenvalue weighted by Crippen LogP contribution is 2.17. The maximum absolute atomic E-state index is 5.26. The summed E-state index contributed by atoms with van der Waals surface area (Å²) in [7, 11) is 1.69. The lowest BCUT2D eigenvalue weighted by Gasteiger charge is -2.03. The Labute approximate surface area is 88.0 Å². The average molecular weight is 214 g/mol. The van der Waals surface area contributed by atoms with E-state index in [4.69, 9.17) is 9.47 Å². The van der Waals surface area contributed by atoms with Crippen molar-refractivity contribution in [2.75, 3.05) is 26.1 Å². The lowest BCUT2D eigenvalue weighted by molar-refractivity contribution is 0.218. The van der Waals surface area contributed by atoms with Gasteiger partial charge in [0.05, 0.1) is 13.2 Å². The van der Waals surface area contributed by atoms with Crippen LogP contribution in [0, 0.1) is 0 Å². The van der Waals surface area contributed by atoms with Crippen molar-refractivity contribution >= 4 is 11.8 Å². The van der Waals surface area contributed by atoms with E-state index in [0.29, 0.717) is 12.5 Å². The zero-order valence-corrected chi connectivity index (χ0v) is 9.21. The smallest absolute Gasteiger partial charge is 0.217 e. The number of rotatable bonds is 6. The van der Waals surface area contributed by atoms with Gasteiger partial charge in [-0.15, -0.1) is 11.8 Å². The van der Waals surface area contributed by atoms with E-state index in [0.717, 1.165) is 17.4 Å². The largest absolute Gasteiger partial charge is 0.478 e.